The third kappa shape index (κ3) is 4.34. The van der Waals surface area contributed by atoms with Crippen LogP contribution in [0.3, 0.4) is 0 Å². The van der Waals surface area contributed by atoms with Gasteiger partial charge in [-0.25, -0.2) is 9.98 Å². The molecule has 0 fully saturated rings. The molecule has 6 nitrogen and oxygen atoms in total. The van der Waals surface area contributed by atoms with Crippen LogP contribution in [0.2, 0.25) is 10.0 Å². The molecule has 0 saturated heterocycles. The number of halogens is 2. The van der Waals surface area contributed by atoms with Gasteiger partial charge in [0, 0.05) is 21.9 Å². The molecule has 0 amide bonds. The van der Waals surface area contributed by atoms with Gasteiger partial charge in [-0.15, -0.1) is 0 Å². The van der Waals surface area contributed by atoms with Gasteiger partial charge >= 0.3 is 0 Å². The molecule has 1 aromatic heterocycles. The number of nitrogens with two attached hydrogens (primary N) is 1. The van der Waals surface area contributed by atoms with Crippen molar-refractivity contribution in [1.29, 1.82) is 0 Å². The average molecular weight is 349 g/mol. The number of amidine groups is 1. The maximum atomic E-state index is 5.97. The molecule has 0 spiro atoms. The maximum absolute atomic E-state index is 5.97. The lowest BCUT2D eigenvalue weighted by Gasteiger charge is -2.07. The zero-order valence-electron chi connectivity index (χ0n) is 12.1. The van der Waals surface area contributed by atoms with Crippen LogP contribution in [-0.4, -0.2) is 23.3 Å². The Morgan fingerprint density at radius 2 is 2.00 bits per heavy atom. The van der Waals surface area contributed by atoms with Crippen LogP contribution in [-0.2, 0) is 6.54 Å². The SMILES string of the molecule is Nc1ccc(CN=C2CN=C(Nc3cc(Cl)cc(Cl)c3)N2)cn1. The Hall–Kier alpha value is -2.31. The zero-order valence-corrected chi connectivity index (χ0v) is 13.6. The van der Waals surface area contributed by atoms with Gasteiger partial charge in [0.15, 0.2) is 0 Å². The third-order valence-corrected chi connectivity index (χ3v) is 3.51. The van der Waals surface area contributed by atoms with Crippen molar-refractivity contribution in [2.45, 2.75) is 6.54 Å². The second-order valence-corrected chi connectivity index (χ2v) is 5.80. The lowest BCUT2D eigenvalue weighted by atomic mass is 10.3. The lowest BCUT2D eigenvalue weighted by molar-refractivity contribution is 1.03. The molecule has 0 saturated carbocycles. The average Bonchev–Trinajstić information content (AvgIpc) is 2.93. The summed E-state index contributed by atoms with van der Waals surface area (Å²) in [6, 6.07) is 8.87. The Morgan fingerprint density at radius 1 is 1.22 bits per heavy atom. The van der Waals surface area contributed by atoms with E-state index in [1.165, 1.54) is 0 Å². The molecule has 3 rings (SSSR count). The first kappa shape index (κ1) is 15.6. The molecule has 1 aliphatic heterocycles. The van der Waals surface area contributed by atoms with Gasteiger partial charge in [-0.1, -0.05) is 29.3 Å². The first-order valence-electron chi connectivity index (χ1n) is 6.87. The molecule has 0 atom stereocenters. The predicted molar refractivity (Wildman–Crippen MR) is 95.3 cm³/mol. The van der Waals surface area contributed by atoms with Gasteiger partial charge in [-0.2, -0.15) is 0 Å². The number of nitrogens with zero attached hydrogens (tertiary/aromatic N) is 3. The van der Waals surface area contributed by atoms with Crippen LogP contribution in [0.1, 0.15) is 5.56 Å². The fourth-order valence-corrected chi connectivity index (χ4v) is 2.53. The van der Waals surface area contributed by atoms with Crippen molar-refractivity contribution >= 4 is 46.5 Å². The van der Waals surface area contributed by atoms with E-state index in [-0.39, 0.29) is 0 Å². The molecule has 0 unspecified atom stereocenters. The van der Waals surface area contributed by atoms with Crippen molar-refractivity contribution in [2.75, 3.05) is 17.6 Å². The van der Waals surface area contributed by atoms with E-state index in [2.05, 4.69) is 25.6 Å². The molecule has 0 aliphatic carbocycles. The molecule has 1 aromatic carbocycles. The quantitative estimate of drug-likeness (QED) is 0.795. The van der Waals surface area contributed by atoms with E-state index in [9.17, 15) is 0 Å². The van der Waals surface area contributed by atoms with Crippen LogP contribution in [0.15, 0.2) is 46.5 Å². The minimum Gasteiger partial charge on any atom is -0.384 e. The fraction of sp³-hybridized carbons (Fsp3) is 0.133. The van der Waals surface area contributed by atoms with E-state index in [0.717, 1.165) is 17.1 Å². The van der Waals surface area contributed by atoms with Gasteiger partial charge in [0.2, 0.25) is 5.96 Å². The van der Waals surface area contributed by atoms with Gasteiger partial charge in [0.25, 0.3) is 0 Å². The van der Waals surface area contributed by atoms with Gasteiger partial charge in [0.1, 0.15) is 18.2 Å². The Balaban J connectivity index is 1.59. The Labute approximate surface area is 143 Å². The Kier molecular flexibility index (Phi) is 4.64. The Bertz CT molecular complexity index is 750. The summed E-state index contributed by atoms with van der Waals surface area (Å²) >= 11 is 11.9. The second-order valence-electron chi connectivity index (χ2n) is 4.93. The predicted octanol–water partition coefficient (Wildman–Crippen LogP) is 2.94. The van der Waals surface area contributed by atoms with Crippen LogP contribution in [0.5, 0.6) is 0 Å². The minimum atomic E-state index is 0.485. The fourth-order valence-electron chi connectivity index (χ4n) is 2.01. The number of nitrogens with one attached hydrogen (secondary N) is 2. The summed E-state index contributed by atoms with van der Waals surface area (Å²) in [6.07, 6.45) is 1.71. The highest BCUT2D eigenvalue weighted by molar-refractivity contribution is 6.35. The number of benzene rings is 1. The molecule has 8 heteroatoms. The number of pyridine rings is 1. The summed E-state index contributed by atoms with van der Waals surface area (Å²) in [7, 11) is 0. The van der Waals surface area contributed by atoms with Crippen LogP contribution < -0.4 is 16.4 Å². The van der Waals surface area contributed by atoms with Gasteiger partial charge < -0.3 is 16.4 Å². The Morgan fingerprint density at radius 3 is 2.70 bits per heavy atom. The van der Waals surface area contributed by atoms with Crippen LogP contribution in [0.4, 0.5) is 11.5 Å². The van der Waals surface area contributed by atoms with Gasteiger partial charge in [-0.3, -0.25) is 4.99 Å². The molecule has 23 heavy (non-hydrogen) atoms. The van der Waals surface area contributed by atoms with E-state index in [1.807, 2.05) is 6.07 Å². The number of hydrogen-bond acceptors (Lipinski definition) is 5. The van der Waals surface area contributed by atoms with Gasteiger partial charge in [-0.05, 0) is 29.8 Å². The highest BCUT2D eigenvalue weighted by Gasteiger charge is 2.12. The number of anilines is 2. The molecule has 118 valence electrons. The molecule has 4 N–H and O–H groups in total. The molecule has 0 bridgehead atoms. The summed E-state index contributed by atoms with van der Waals surface area (Å²) in [5.41, 5.74) is 7.30. The van der Waals surface area contributed by atoms with Crippen molar-refractivity contribution in [1.82, 2.24) is 10.3 Å². The number of hydrogen-bond donors (Lipinski definition) is 3. The second kappa shape index (κ2) is 6.85. The van der Waals surface area contributed by atoms with E-state index in [1.54, 1.807) is 30.5 Å². The van der Waals surface area contributed by atoms with Crippen LogP contribution in [0.25, 0.3) is 0 Å². The van der Waals surface area contributed by atoms with Gasteiger partial charge in [0.05, 0.1) is 6.54 Å². The maximum Gasteiger partial charge on any atom is 0.201 e. The third-order valence-electron chi connectivity index (χ3n) is 3.08. The summed E-state index contributed by atoms with van der Waals surface area (Å²) in [5, 5.41) is 7.35. The normalized spacial score (nSPS) is 15.4. The summed E-state index contributed by atoms with van der Waals surface area (Å²) in [6.45, 7) is 1.00. The highest BCUT2D eigenvalue weighted by Crippen LogP contribution is 2.22. The summed E-state index contributed by atoms with van der Waals surface area (Å²) < 4.78 is 0. The monoisotopic (exact) mass is 348 g/mol. The minimum absolute atomic E-state index is 0.485. The number of rotatable bonds is 3. The van der Waals surface area contributed by atoms with E-state index in [0.29, 0.717) is 34.9 Å². The first-order valence-corrected chi connectivity index (χ1v) is 7.62. The largest absolute Gasteiger partial charge is 0.384 e. The molecule has 0 radical (unpaired) electrons. The van der Waals surface area contributed by atoms with Crippen molar-refractivity contribution < 1.29 is 0 Å². The number of aliphatic imine (C=N–C) groups is 2. The number of guanidine groups is 1. The topological polar surface area (TPSA) is 87.7 Å². The number of nitrogen functional groups attached to an aromatic ring is 1. The van der Waals surface area contributed by atoms with E-state index < -0.39 is 0 Å². The van der Waals surface area contributed by atoms with E-state index in [4.69, 9.17) is 28.9 Å². The van der Waals surface area contributed by atoms with Crippen LogP contribution in [0, 0.1) is 0 Å². The number of aromatic nitrogens is 1. The summed E-state index contributed by atoms with van der Waals surface area (Å²) in [5.74, 6) is 1.88. The molecular formula is C15H14Cl2N6. The standard InChI is InChI=1S/C15H14Cl2N6/c16-10-3-11(17)5-12(4-10)22-15-21-8-14(23-15)20-7-9-1-2-13(18)19-6-9/h1-6H,7-8H2,(H2,18,19)(H2,20,21,22,23). The smallest absolute Gasteiger partial charge is 0.201 e. The first-order chi connectivity index (χ1) is 11.1. The lowest BCUT2D eigenvalue weighted by Crippen LogP contribution is -2.30. The highest BCUT2D eigenvalue weighted by atomic mass is 35.5. The molecule has 1 aliphatic rings. The summed E-state index contributed by atoms with van der Waals surface area (Å²) in [4.78, 5) is 12.8. The van der Waals surface area contributed by atoms with Crippen molar-refractivity contribution in [3.8, 4) is 0 Å². The van der Waals surface area contributed by atoms with E-state index >= 15 is 0 Å². The van der Waals surface area contributed by atoms with Crippen molar-refractivity contribution in [3.05, 3.63) is 52.1 Å². The molecule has 2 heterocycles. The van der Waals surface area contributed by atoms with Crippen molar-refractivity contribution in [3.63, 3.8) is 0 Å². The molecule has 2 aromatic rings. The van der Waals surface area contributed by atoms with Crippen molar-refractivity contribution in [2.24, 2.45) is 9.98 Å². The molecular weight excluding hydrogens is 335 g/mol. The zero-order chi connectivity index (χ0) is 16.2. The van der Waals surface area contributed by atoms with Crippen LogP contribution >= 0.6 is 23.2 Å².